The number of esters is 1. The van der Waals surface area contributed by atoms with Gasteiger partial charge in [0.2, 0.25) is 0 Å². The van der Waals surface area contributed by atoms with Gasteiger partial charge in [-0.2, -0.15) is 0 Å². The van der Waals surface area contributed by atoms with Gasteiger partial charge in [-0.05, 0) is 74.1 Å². The highest BCUT2D eigenvalue weighted by Gasteiger charge is 2.31. The summed E-state index contributed by atoms with van der Waals surface area (Å²) in [4.78, 5) is 11.2. The second kappa shape index (κ2) is 12.5. The molecule has 31 heavy (non-hydrogen) atoms. The maximum absolute atomic E-state index is 11.2. The average Bonchev–Trinajstić information content (AvgIpc) is 2.67. The van der Waals surface area contributed by atoms with E-state index < -0.39 is 0 Å². The molecule has 1 heterocycles. The van der Waals surface area contributed by atoms with Crippen LogP contribution in [0.3, 0.4) is 0 Å². The maximum atomic E-state index is 11.2. The van der Waals surface area contributed by atoms with Crippen LogP contribution in [0.1, 0.15) is 111 Å². The van der Waals surface area contributed by atoms with Crippen LogP contribution in [0.15, 0.2) is 18.2 Å². The number of benzene rings is 1. The first kappa shape index (κ1) is 25.7. The first-order valence-corrected chi connectivity index (χ1v) is 12.7. The van der Waals surface area contributed by atoms with Gasteiger partial charge in [0.25, 0.3) is 0 Å². The van der Waals surface area contributed by atoms with Crippen molar-refractivity contribution in [1.82, 2.24) is 0 Å². The smallest absolute Gasteiger partial charge is 0.308 e. The summed E-state index contributed by atoms with van der Waals surface area (Å²) in [6, 6.07) is 5.73. The molecule has 176 valence electrons. The largest absolute Gasteiger partial charge is 0.487 e. The molecule has 0 bridgehead atoms. The predicted molar refractivity (Wildman–Crippen MR) is 130 cm³/mol. The third-order valence-corrected chi connectivity index (χ3v) is 6.85. The lowest BCUT2D eigenvalue weighted by atomic mass is 9.86. The molecule has 1 aliphatic rings. The average molecular weight is 431 g/mol. The molecule has 1 aromatic carbocycles. The normalized spacial score (nSPS) is 20.1. The molecule has 1 unspecified atom stereocenters. The molecule has 0 saturated heterocycles. The molecule has 3 nitrogen and oxygen atoms in total. The van der Waals surface area contributed by atoms with Crippen LogP contribution in [0.2, 0.25) is 0 Å². The van der Waals surface area contributed by atoms with Crippen molar-refractivity contribution in [3.63, 3.8) is 0 Å². The molecule has 0 aromatic heterocycles. The topological polar surface area (TPSA) is 35.5 Å². The fraction of sp³-hybridized carbons (Fsp3) is 0.750. The van der Waals surface area contributed by atoms with E-state index in [9.17, 15) is 4.79 Å². The van der Waals surface area contributed by atoms with Crippen LogP contribution in [0.5, 0.6) is 11.5 Å². The van der Waals surface area contributed by atoms with E-state index in [4.69, 9.17) is 9.47 Å². The van der Waals surface area contributed by atoms with Crippen LogP contribution in [-0.2, 0) is 11.2 Å². The Bertz CT molecular complexity index is 681. The first-order valence-electron chi connectivity index (χ1n) is 12.7. The quantitative estimate of drug-likeness (QED) is 0.234. The molecular weight excluding hydrogens is 384 g/mol. The summed E-state index contributed by atoms with van der Waals surface area (Å²) in [7, 11) is 0. The minimum absolute atomic E-state index is 0.0827. The van der Waals surface area contributed by atoms with Crippen molar-refractivity contribution in [1.29, 1.82) is 0 Å². The molecule has 0 spiro atoms. The summed E-state index contributed by atoms with van der Waals surface area (Å²) in [5.74, 6) is 3.80. The van der Waals surface area contributed by atoms with E-state index in [1.54, 1.807) is 0 Å². The molecule has 0 aliphatic carbocycles. The highest BCUT2D eigenvalue weighted by molar-refractivity contribution is 5.69. The Balaban J connectivity index is 1.66. The number of aryl methyl sites for hydroxylation is 1. The highest BCUT2D eigenvalue weighted by Crippen LogP contribution is 2.38. The molecule has 3 atom stereocenters. The van der Waals surface area contributed by atoms with E-state index in [0.29, 0.717) is 5.75 Å². The Kier molecular flexibility index (Phi) is 10.4. The minimum atomic E-state index is -0.281. The Hall–Kier alpha value is -1.51. The molecule has 3 heteroatoms. The van der Waals surface area contributed by atoms with Crippen LogP contribution in [0.25, 0.3) is 0 Å². The molecule has 0 amide bonds. The SMILES string of the molecule is CC(=O)Oc1ccc2c(c1)CCC(C)(CCC[C@H](C)CCC[C@H](C)CCCC(C)C)O2. The monoisotopic (exact) mass is 430 g/mol. The number of hydrogen-bond acceptors (Lipinski definition) is 3. The van der Waals surface area contributed by atoms with Crippen molar-refractivity contribution < 1.29 is 14.3 Å². The van der Waals surface area contributed by atoms with Gasteiger partial charge < -0.3 is 9.47 Å². The van der Waals surface area contributed by atoms with Gasteiger partial charge in [-0.3, -0.25) is 4.79 Å². The van der Waals surface area contributed by atoms with Crippen LogP contribution in [0, 0.1) is 17.8 Å². The van der Waals surface area contributed by atoms with Gasteiger partial charge >= 0.3 is 5.97 Å². The number of fused-ring (bicyclic) bond motifs is 1. The second-order valence-corrected chi connectivity index (χ2v) is 10.8. The van der Waals surface area contributed by atoms with Crippen molar-refractivity contribution in [3.8, 4) is 11.5 Å². The number of rotatable bonds is 13. The van der Waals surface area contributed by atoms with Gasteiger partial charge in [-0.25, -0.2) is 0 Å². The highest BCUT2D eigenvalue weighted by atomic mass is 16.5. The lowest BCUT2D eigenvalue weighted by molar-refractivity contribution is -0.131. The number of carbonyl (C=O) groups is 1. The van der Waals surface area contributed by atoms with Crippen molar-refractivity contribution in [2.24, 2.45) is 17.8 Å². The summed E-state index contributed by atoms with van der Waals surface area (Å²) in [5.41, 5.74) is 1.06. The van der Waals surface area contributed by atoms with Crippen LogP contribution >= 0.6 is 0 Å². The van der Waals surface area contributed by atoms with Crippen LogP contribution in [0.4, 0.5) is 0 Å². The third kappa shape index (κ3) is 9.66. The summed E-state index contributed by atoms with van der Waals surface area (Å²) >= 11 is 0. The molecule has 0 saturated carbocycles. The Morgan fingerprint density at radius 3 is 2.23 bits per heavy atom. The van der Waals surface area contributed by atoms with Gasteiger partial charge in [-0.15, -0.1) is 0 Å². The Labute approximate surface area is 191 Å². The Morgan fingerprint density at radius 2 is 1.61 bits per heavy atom. The molecule has 1 aliphatic heterocycles. The number of hydrogen-bond donors (Lipinski definition) is 0. The number of ether oxygens (including phenoxy) is 2. The van der Waals surface area contributed by atoms with Crippen molar-refractivity contribution in [2.45, 2.75) is 118 Å². The van der Waals surface area contributed by atoms with Crippen LogP contribution in [-0.4, -0.2) is 11.6 Å². The standard InChI is InChI=1S/C28H46O3/c1-21(2)10-7-11-22(3)12-8-13-23(4)14-9-18-28(6)19-17-25-20-26(30-24(5)29)15-16-27(25)31-28/h15-16,20-23H,7-14,17-19H2,1-6H3/t22-,23-,28?/m1/s1. The zero-order chi connectivity index (χ0) is 22.9. The lowest BCUT2D eigenvalue weighted by Crippen LogP contribution is -2.36. The minimum Gasteiger partial charge on any atom is -0.487 e. The van der Waals surface area contributed by atoms with Gasteiger partial charge in [-0.1, -0.05) is 72.6 Å². The van der Waals surface area contributed by atoms with Gasteiger partial charge in [0.15, 0.2) is 0 Å². The van der Waals surface area contributed by atoms with Gasteiger partial charge in [0.1, 0.15) is 17.1 Å². The van der Waals surface area contributed by atoms with E-state index >= 15 is 0 Å². The molecule has 1 aromatic rings. The summed E-state index contributed by atoms with van der Waals surface area (Å²) < 4.78 is 11.6. The number of carbonyl (C=O) groups excluding carboxylic acids is 1. The van der Waals surface area contributed by atoms with E-state index in [1.807, 2.05) is 18.2 Å². The predicted octanol–water partition coefficient (Wildman–Crippen LogP) is 8.13. The summed E-state index contributed by atoms with van der Waals surface area (Å²) in [5, 5.41) is 0. The lowest BCUT2D eigenvalue weighted by Gasteiger charge is -2.36. The van der Waals surface area contributed by atoms with E-state index in [0.717, 1.165) is 48.3 Å². The molecule has 0 fully saturated rings. The van der Waals surface area contributed by atoms with Crippen LogP contribution < -0.4 is 9.47 Å². The zero-order valence-electron chi connectivity index (χ0n) is 21.0. The summed E-state index contributed by atoms with van der Waals surface area (Å²) in [6.45, 7) is 13.2. The van der Waals surface area contributed by atoms with E-state index in [2.05, 4.69) is 34.6 Å². The van der Waals surface area contributed by atoms with Gasteiger partial charge in [0, 0.05) is 6.92 Å². The molecule has 0 radical (unpaired) electrons. The van der Waals surface area contributed by atoms with E-state index in [-0.39, 0.29) is 11.6 Å². The van der Waals surface area contributed by atoms with E-state index in [1.165, 1.54) is 58.3 Å². The molecule has 2 rings (SSSR count). The molecule has 0 N–H and O–H groups in total. The van der Waals surface area contributed by atoms with Crippen molar-refractivity contribution in [3.05, 3.63) is 23.8 Å². The fourth-order valence-electron chi connectivity index (χ4n) is 4.77. The first-order chi connectivity index (χ1) is 14.7. The summed E-state index contributed by atoms with van der Waals surface area (Å²) in [6.07, 6.45) is 13.9. The fourth-order valence-corrected chi connectivity index (χ4v) is 4.77. The maximum Gasteiger partial charge on any atom is 0.308 e. The third-order valence-electron chi connectivity index (χ3n) is 6.85. The zero-order valence-corrected chi connectivity index (χ0v) is 21.0. The Morgan fingerprint density at radius 1 is 1.00 bits per heavy atom. The van der Waals surface area contributed by atoms with Crippen molar-refractivity contribution in [2.75, 3.05) is 0 Å². The molecular formula is C28H46O3. The van der Waals surface area contributed by atoms with Gasteiger partial charge in [0.05, 0.1) is 0 Å². The second-order valence-electron chi connectivity index (χ2n) is 10.8. The van der Waals surface area contributed by atoms with Crippen molar-refractivity contribution >= 4 is 5.97 Å².